The van der Waals surface area contributed by atoms with Gasteiger partial charge in [-0.05, 0) is 40.8 Å². The number of hydrogen-bond acceptors (Lipinski definition) is 2. The Hall–Kier alpha value is -0.330. The lowest BCUT2D eigenvalue weighted by molar-refractivity contribution is 0.0536. The van der Waals surface area contributed by atoms with E-state index >= 15 is 0 Å². The van der Waals surface area contributed by atoms with E-state index in [-0.39, 0.29) is 5.91 Å². The Kier molecular flexibility index (Phi) is 3.95. The van der Waals surface area contributed by atoms with Crippen LogP contribution in [0.2, 0.25) is 5.02 Å². The van der Waals surface area contributed by atoms with E-state index in [1.54, 1.807) is 18.2 Å². The van der Waals surface area contributed by atoms with Gasteiger partial charge in [-0.1, -0.05) is 11.6 Å². The summed E-state index contributed by atoms with van der Waals surface area (Å²) in [5, 5.41) is 0.529. The Morgan fingerprint density at radius 1 is 1.62 bits per heavy atom. The van der Waals surface area contributed by atoms with E-state index in [1.165, 1.54) is 7.11 Å². The van der Waals surface area contributed by atoms with Gasteiger partial charge in [0.15, 0.2) is 0 Å². The van der Waals surface area contributed by atoms with Crippen LogP contribution in [-0.2, 0) is 4.84 Å². The topological polar surface area (TPSA) is 38.3 Å². The smallest absolute Gasteiger partial charge is 0.275 e. The van der Waals surface area contributed by atoms with Gasteiger partial charge in [0, 0.05) is 8.59 Å². The zero-order valence-electron chi connectivity index (χ0n) is 6.80. The zero-order valence-corrected chi connectivity index (χ0v) is 9.72. The fourth-order valence-electron chi connectivity index (χ4n) is 0.819. The van der Waals surface area contributed by atoms with E-state index in [0.29, 0.717) is 10.6 Å². The Balaban J connectivity index is 2.99. The maximum Gasteiger partial charge on any atom is 0.275 e. The maximum atomic E-state index is 11.3. The first-order valence-electron chi connectivity index (χ1n) is 3.43. The molecule has 0 unspecified atom stereocenters. The number of benzene rings is 1. The number of amides is 1. The number of hydrogen-bond donors (Lipinski definition) is 1. The first-order valence-corrected chi connectivity index (χ1v) is 4.89. The first-order chi connectivity index (χ1) is 6.15. The van der Waals surface area contributed by atoms with Crippen LogP contribution in [0.15, 0.2) is 18.2 Å². The van der Waals surface area contributed by atoms with Crippen LogP contribution in [-0.4, -0.2) is 13.0 Å². The molecule has 1 N–H and O–H groups in total. The molecule has 0 bridgehead atoms. The lowest BCUT2D eigenvalue weighted by Crippen LogP contribution is -2.22. The highest BCUT2D eigenvalue weighted by Crippen LogP contribution is 2.17. The maximum absolute atomic E-state index is 11.3. The average molecular weight is 312 g/mol. The van der Waals surface area contributed by atoms with E-state index in [1.807, 2.05) is 0 Å². The fraction of sp³-hybridized carbons (Fsp3) is 0.125. The largest absolute Gasteiger partial charge is 0.277 e. The molecule has 70 valence electrons. The van der Waals surface area contributed by atoms with Gasteiger partial charge in [0.05, 0.1) is 12.7 Å². The molecule has 0 aromatic heterocycles. The van der Waals surface area contributed by atoms with Gasteiger partial charge in [-0.2, -0.15) is 0 Å². The molecule has 0 atom stereocenters. The summed E-state index contributed by atoms with van der Waals surface area (Å²) in [6.07, 6.45) is 0. The number of hydroxylamine groups is 1. The third kappa shape index (κ3) is 2.82. The van der Waals surface area contributed by atoms with Crippen LogP contribution in [0.3, 0.4) is 0 Å². The van der Waals surface area contributed by atoms with Crippen LogP contribution in [0.4, 0.5) is 0 Å². The van der Waals surface area contributed by atoms with E-state index in [0.717, 1.165) is 3.57 Å². The number of halogens is 2. The van der Waals surface area contributed by atoms with Crippen molar-refractivity contribution in [1.82, 2.24) is 5.48 Å². The van der Waals surface area contributed by atoms with Gasteiger partial charge in [-0.3, -0.25) is 9.63 Å². The molecular formula is C8H7ClINO2. The van der Waals surface area contributed by atoms with Gasteiger partial charge < -0.3 is 0 Å². The summed E-state index contributed by atoms with van der Waals surface area (Å²) in [6, 6.07) is 5.10. The van der Waals surface area contributed by atoms with Crippen LogP contribution in [0.1, 0.15) is 10.4 Å². The zero-order chi connectivity index (χ0) is 9.84. The molecule has 0 aliphatic carbocycles. The Labute approximate surface area is 94.5 Å². The Morgan fingerprint density at radius 2 is 2.31 bits per heavy atom. The van der Waals surface area contributed by atoms with Gasteiger partial charge in [-0.25, -0.2) is 5.48 Å². The van der Waals surface area contributed by atoms with Crippen LogP contribution >= 0.6 is 34.2 Å². The molecule has 13 heavy (non-hydrogen) atoms. The summed E-state index contributed by atoms with van der Waals surface area (Å²) in [5.74, 6) is -0.297. The lowest BCUT2D eigenvalue weighted by Gasteiger charge is -2.04. The Morgan fingerprint density at radius 3 is 2.92 bits per heavy atom. The second-order valence-electron chi connectivity index (χ2n) is 2.26. The fourth-order valence-corrected chi connectivity index (χ4v) is 1.57. The SMILES string of the molecule is CONC(=O)c1cc(Cl)ccc1I. The van der Waals surface area contributed by atoms with Crippen LogP contribution in [0.5, 0.6) is 0 Å². The lowest BCUT2D eigenvalue weighted by atomic mass is 10.2. The van der Waals surface area contributed by atoms with Crippen molar-refractivity contribution in [3.8, 4) is 0 Å². The highest BCUT2D eigenvalue weighted by Gasteiger charge is 2.09. The van der Waals surface area contributed by atoms with E-state index in [9.17, 15) is 4.79 Å². The molecule has 0 heterocycles. The first kappa shape index (κ1) is 10.7. The standard InChI is InChI=1S/C8H7ClINO2/c1-13-11-8(12)6-4-5(9)2-3-7(6)10/h2-4H,1H3,(H,11,12). The van der Waals surface area contributed by atoms with Crippen molar-refractivity contribution in [2.45, 2.75) is 0 Å². The molecule has 0 aliphatic heterocycles. The molecule has 0 aliphatic rings. The van der Waals surface area contributed by atoms with Crippen LogP contribution < -0.4 is 5.48 Å². The van der Waals surface area contributed by atoms with Crippen molar-refractivity contribution in [3.63, 3.8) is 0 Å². The molecule has 0 saturated carbocycles. The normalized spacial score (nSPS) is 9.77. The van der Waals surface area contributed by atoms with Gasteiger partial charge >= 0.3 is 0 Å². The molecule has 0 radical (unpaired) electrons. The number of nitrogens with one attached hydrogen (secondary N) is 1. The minimum absolute atomic E-state index is 0.297. The van der Waals surface area contributed by atoms with Crippen molar-refractivity contribution < 1.29 is 9.63 Å². The molecule has 0 spiro atoms. The van der Waals surface area contributed by atoms with Crippen molar-refractivity contribution in [2.75, 3.05) is 7.11 Å². The predicted octanol–water partition coefficient (Wildman–Crippen LogP) is 2.24. The summed E-state index contributed by atoms with van der Waals surface area (Å²) in [6.45, 7) is 0. The third-order valence-electron chi connectivity index (χ3n) is 1.37. The molecule has 1 amide bonds. The number of carbonyl (C=O) groups excluding carboxylic acids is 1. The van der Waals surface area contributed by atoms with Gasteiger partial charge in [0.2, 0.25) is 0 Å². The highest BCUT2D eigenvalue weighted by atomic mass is 127. The molecule has 3 nitrogen and oxygen atoms in total. The minimum atomic E-state index is -0.297. The quantitative estimate of drug-likeness (QED) is 0.672. The summed E-state index contributed by atoms with van der Waals surface area (Å²) >= 11 is 7.79. The molecule has 1 aromatic rings. The second kappa shape index (κ2) is 4.78. The summed E-state index contributed by atoms with van der Waals surface area (Å²) in [7, 11) is 1.38. The van der Waals surface area contributed by atoms with Crippen molar-refractivity contribution in [1.29, 1.82) is 0 Å². The van der Waals surface area contributed by atoms with Crippen molar-refractivity contribution >= 4 is 40.1 Å². The Bertz CT molecular complexity index is 330. The molecule has 0 saturated heterocycles. The van der Waals surface area contributed by atoms with Crippen molar-refractivity contribution in [3.05, 3.63) is 32.4 Å². The molecule has 5 heteroatoms. The number of rotatable bonds is 2. The van der Waals surface area contributed by atoms with E-state index in [2.05, 4.69) is 32.9 Å². The van der Waals surface area contributed by atoms with E-state index in [4.69, 9.17) is 11.6 Å². The van der Waals surface area contributed by atoms with Crippen LogP contribution in [0, 0.1) is 3.57 Å². The average Bonchev–Trinajstić information content (AvgIpc) is 2.09. The summed E-state index contributed by atoms with van der Waals surface area (Å²) in [5.41, 5.74) is 2.74. The second-order valence-corrected chi connectivity index (χ2v) is 3.86. The third-order valence-corrected chi connectivity index (χ3v) is 2.54. The molecular weight excluding hydrogens is 304 g/mol. The van der Waals surface area contributed by atoms with Gasteiger partial charge in [0.1, 0.15) is 0 Å². The molecule has 1 aromatic carbocycles. The molecule has 0 fully saturated rings. The van der Waals surface area contributed by atoms with Gasteiger partial charge in [-0.15, -0.1) is 0 Å². The van der Waals surface area contributed by atoms with Gasteiger partial charge in [0.25, 0.3) is 5.91 Å². The van der Waals surface area contributed by atoms with Crippen molar-refractivity contribution in [2.24, 2.45) is 0 Å². The monoisotopic (exact) mass is 311 g/mol. The summed E-state index contributed by atoms with van der Waals surface area (Å²) in [4.78, 5) is 15.8. The van der Waals surface area contributed by atoms with Crippen LogP contribution in [0.25, 0.3) is 0 Å². The predicted molar refractivity (Wildman–Crippen MR) is 58.6 cm³/mol. The highest BCUT2D eigenvalue weighted by molar-refractivity contribution is 14.1. The van der Waals surface area contributed by atoms with E-state index < -0.39 is 0 Å². The summed E-state index contributed by atoms with van der Waals surface area (Å²) < 4.78 is 0.830. The molecule has 1 rings (SSSR count). The number of carbonyl (C=O) groups is 1. The minimum Gasteiger partial charge on any atom is -0.277 e.